The summed E-state index contributed by atoms with van der Waals surface area (Å²) in [5.41, 5.74) is 3.22. The minimum atomic E-state index is -0.338. The Kier molecular flexibility index (Phi) is 6.06. The van der Waals surface area contributed by atoms with E-state index in [9.17, 15) is 4.79 Å². The van der Waals surface area contributed by atoms with Crippen molar-refractivity contribution in [3.63, 3.8) is 0 Å². The van der Waals surface area contributed by atoms with E-state index in [2.05, 4.69) is 25.6 Å². The van der Waals surface area contributed by atoms with Gasteiger partial charge in [0.2, 0.25) is 0 Å². The zero-order valence-corrected chi connectivity index (χ0v) is 17.6. The first kappa shape index (κ1) is 20.1. The van der Waals surface area contributed by atoms with Gasteiger partial charge in [-0.15, -0.1) is 5.10 Å². The van der Waals surface area contributed by atoms with Gasteiger partial charge in [0, 0.05) is 28.9 Å². The van der Waals surface area contributed by atoms with Gasteiger partial charge in [0.1, 0.15) is 0 Å². The van der Waals surface area contributed by atoms with E-state index in [1.807, 2.05) is 49.4 Å². The number of amides is 1. The lowest BCUT2D eigenvalue weighted by atomic mass is 10.2. The molecule has 9 heteroatoms. The van der Waals surface area contributed by atoms with E-state index in [1.54, 1.807) is 29.2 Å². The van der Waals surface area contributed by atoms with Gasteiger partial charge in [0.15, 0.2) is 10.9 Å². The summed E-state index contributed by atoms with van der Waals surface area (Å²) in [5.74, 6) is 0.0651. The molecule has 0 atom stereocenters. The van der Waals surface area contributed by atoms with Crippen molar-refractivity contribution in [1.29, 1.82) is 0 Å². The van der Waals surface area contributed by atoms with Crippen LogP contribution in [0.2, 0.25) is 5.02 Å². The van der Waals surface area contributed by atoms with E-state index in [4.69, 9.17) is 11.6 Å². The lowest BCUT2D eigenvalue weighted by Crippen LogP contribution is -2.15. The molecule has 2 aromatic carbocycles. The third-order valence-corrected chi connectivity index (χ3v) is 5.58. The van der Waals surface area contributed by atoms with E-state index in [0.717, 1.165) is 11.3 Å². The van der Waals surface area contributed by atoms with Crippen LogP contribution in [0.4, 0.5) is 5.69 Å². The fourth-order valence-electron chi connectivity index (χ4n) is 2.73. The molecule has 0 aliphatic rings. The first-order valence-corrected chi connectivity index (χ1v) is 10.5. The monoisotopic (exact) mass is 436 g/mol. The van der Waals surface area contributed by atoms with Crippen LogP contribution in [0.25, 0.3) is 5.69 Å². The standard InChI is InChI=1S/C21H17ClN6OS/c1-14-8-9-16(12-17(14)22)28-18(13-30-21-23-10-5-11-24-21)19(26-27-28)20(29)25-15-6-3-2-4-7-15/h2-12H,13H2,1H3,(H,25,29). The number of nitrogens with zero attached hydrogens (tertiary/aromatic N) is 5. The number of anilines is 1. The SMILES string of the molecule is Cc1ccc(-n2nnc(C(=O)Nc3ccccc3)c2CSc2ncccn2)cc1Cl. The highest BCUT2D eigenvalue weighted by atomic mass is 35.5. The van der Waals surface area contributed by atoms with Crippen LogP contribution in [0.15, 0.2) is 72.1 Å². The van der Waals surface area contributed by atoms with E-state index >= 15 is 0 Å². The number of hydrogen-bond donors (Lipinski definition) is 1. The van der Waals surface area contributed by atoms with Crippen molar-refractivity contribution in [2.75, 3.05) is 5.32 Å². The van der Waals surface area contributed by atoms with Crippen LogP contribution in [0.3, 0.4) is 0 Å². The molecule has 0 aliphatic carbocycles. The average Bonchev–Trinajstić information content (AvgIpc) is 3.20. The Morgan fingerprint density at radius 1 is 1.10 bits per heavy atom. The summed E-state index contributed by atoms with van der Waals surface area (Å²) in [6.45, 7) is 1.93. The first-order valence-electron chi connectivity index (χ1n) is 9.09. The Morgan fingerprint density at radius 3 is 2.60 bits per heavy atom. The summed E-state index contributed by atoms with van der Waals surface area (Å²) >= 11 is 7.70. The number of carbonyl (C=O) groups is 1. The van der Waals surface area contributed by atoms with Gasteiger partial charge < -0.3 is 5.32 Å². The van der Waals surface area contributed by atoms with Gasteiger partial charge in [-0.1, -0.05) is 52.8 Å². The number of halogens is 1. The van der Waals surface area contributed by atoms with Gasteiger partial charge in [0.25, 0.3) is 5.91 Å². The summed E-state index contributed by atoms with van der Waals surface area (Å²) < 4.78 is 1.63. The van der Waals surface area contributed by atoms with Crippen LogP contribution in [-0.2, 0) is 5.75 Å². The predicted octanol–water partition coefficient (Wildman–Crippen LogP) is 4.56. The number of aryl methyl sites for hydroxylation is 1. The molecule has 0 unspecified atom stereocenters. The number of benzene rings is 2. The lowest BCUT2D eigenvalue weighted by molar-refractivity contribution is 0.102. The normalized spacial score (nSPS) is 10.7. The minimum Gasteiger partial charge on any atom is -0.321 e. The maximum Gasteiger partial charge on any atom is 0.278 e. The number of aromatic nitrogens is 5. The van der Waals surface area contributed by atoms with Crippen LogP contribution >= 0.6 is 23.4 Å². The molecule has 1 N–H and O–H groups in total. The van der Waals surface area contributed by atoms with Gasteiger partial charge in [-0.2, -0.15) is 0 Å². The number of nitrogens with one attached hydrogen (secondary N) is 1. The molecule has 0 fully saturated rings. The van der Waals surface area contributed by atoms with Crippen molar-refractivity contribution >= 4 is 35.0 Å². The van der Waals surface area contributed by atoms with Gasteiger partial charge in [-0.3, -0.25) is 4.79 Å². The molecule has 4 rings (SSSR count). The third kappa shape index (κ3) is 4.50. The van der Waals surface area contributed by atoms with Crippen molar-refractivity contribution in [1.82, 2.24) is 25.0 Å². The first-order chi connectivity index (χ1) is 14.6. The Balaban J connectivity index is 1.69. The fraction of sp³-hybridized carbons (Fsp3) is 0.0952. The molecule has 0 saturated carbocycles. The van der Waals surface area contributed by atoms with Crippen molar-refractivity contribution in [3.05, 3.63) is 89.0 Å². The molecular formula is C21H17ClN6OS. The summed E-state index contributed by atoms with van der Waals surface area (Å²) in [4.78, 5) is 21.4. The van der Waals surface area contributed by atoms with E-state index in [1.165, 1.54) is 11.8 Å². The number of hydrogen-bond acceptors (Lipinski definition) is 6. The number of carbonyl (C=O) groups excluding carboxylic acids is 1. The maximum absolute atomic E-state index is 12.9. The molecule has 2 aromatic heterocycles. The van der Waals surface area contributed by atoms with Crippen molar-refractivity contribution in [3.8, 4) is 5.69 Å². The van der Waals surface area contributed by atoms with Crippen LogP contribution < -0.4 is 5.32 Å². The zero-order chi connectivity index (χ0) is 20.9. The number of rotatable bonds is 6. The summed E-state index contributed by atoms with van der Waals surface area (Å²) in [5, 5.41) is 12.5. The second kappa shape index (κ2) is 9.06. The largest absolute Gasteiger partial charge is 0.321 e. The molecule has 0 aliphatic heterocycles. The Hall–Kier alpha value is -3.23. The Morgan fingerprint density at radius 2 is 1.87 bits per heavy atom. The Labute approximate surface area is 182 Å². The second-order valence-electron chi connectivity index (χ2n) is 6.37. The molecule has 2 heterocycles. The quantitative estimate of drug-likeness (QED) is 0.352. The summed E-state index contributed by atoms with van der Waals surface area (Å²) in [6.07, 6.45) is 3.35. The highest BCUT2D eigenvalue weighted by Crippen LogP contribution is 2.25. The molecule has 30 heavy (non-hydrogen) atoms. The van der Waals surface area contributed by atoms with E-state index < -0.39 is 0 Å². The van der Waals surface area contributed by atoms with Crippen molar-refractivity contribution < 1.29 is 4.79 Å². The van der Waals surface area contributed by atoms with Gasteiger partial charge in [-0.05, 0) is 42.8 Å². The summed E-state index contributed by atoms with van der Waals surface area (Å²) in [7, 11) is 0. The third-order valence-electron chi connectivity index (χ3n) is 4.29. The fourth-order valence-corrected chi connectivity index (χ4v) is 3.70. The molecule has 150 valence electrons. The average molecular weight is 437 g/mol. The van der Waals surface area contributed by atoms with Crippen molar-refractivity contribution in [2.24, 2.45) is 0 Å². The molecule has 4 aromatic rings. The molecule has 0 saturated heterocycles. The topological polar surface area (TPSA) is 85.6 Å². The molecule has 0 bridgehead atoms. The van der Waals surface area contributed by atoms with Crippen LogP contribution in [0.1, 0.15) is 21.7 Å². The Bertz CT molecular complexity index is 1170. The van der Waals surface area contributed by atoms with Crippen LogP contribution in [0.5, 0.6) is 0 Å². The van der Waals surface area contributed by atoms with Crippen molar-refractivity contribution in [2.45, 2.75) is 17.8 Å². The van der Waals surface area contributed by atoms with Gasteiger partial charge >= 0.3 is 0 Å². The minimum absolute atomic E-state index is 0.235. The van der Waals surface area contributed by atoms with Crippen LogP contribution in [-0.4, -0.2) is 30.9 Å². The van der Waals surface area contributed by atoms with Crippen LogP contribution in [0, 0.1) is 6.92 Å². The maximum atomic E-state index is 12.9. The predicted molar refractivity (Wildman–Crippen MR) is 117 cm³/mol. The molecule has 0 spiro atoms. The zero-order valence-electron chi connectivity index (χ0n) is 16.0. The van der Waals surface area contributed by atoms with E-state index in [-0.39, 0.29) is 11.6 Å². The molecule has 0 radical (unpaired) electrons. The lowest BCUT2D eigenvalue weighted by Gasteiger charge is -2.09. The van der Waals surface area contributed by atoms with Gasteiger partial charge in [0.05, 0.1) is 11.4 Å². The molecular weight excluding hydrogens is 420 g/mol. The molecule has 1 amide bonds. The highest BCUT2D eigenvalue weighted by Gasteiger charge is 2.21. The summed E-state index contributed by atoms with van der Waals surface area (Å²) in [6, 6.07) is 16.6. The number of para-hydroxylation sites is 1. The molecule has 7 nitrogen and oxygen atoms in total. The van der Waals surface area contributed by atoms with E-state index in [0.29, 0.717) is 27.3 Å². The smallest absolute Gasteiger partial charge is 0.278 e. The van der Waals surface area contributed by atoms with Gasteiger partial charge in [-0.25, -0.2) is 14.6 Å². The second-order valence-corrected chi connectivity index (χ2v) is 7.72. The highest BCUT2D eigenvalue weighted by molar-refractivity contribution is 7.98. The number of thioether (sulfide) groups is 1.